The summed E-state index contributed by atoms with van der Waals surface area (Å²) in [6, 6.07) is 68.6. The average molecular weight is 861 g/mol. The van der Waals surface area contributed by atoms with Crippen molar-refractivity contribution in [2.45, 2.75) is 0 Å². The second-order valence-corrected chi connectivity index (χ2v) is 18.2. The van der Waals surface area contributed by atoms with E-state index in [9.17, 15) is 0 Å². The predicted molar refractivity (Wildman–Crippen MR) is 273 cm³/mol. The van der Waals surface area contributed by atoms with E-state index in [1.54, 1.807) is 0 Å². The van der Waals surface area contributed by atoms with Gasteiger partial charge in [-0.3, -0.25) is 4.57 Å². The molecule has 66 heavy (non-hydrogen) atoms. The standard InChI is InChI=1S/C59H32N4O2S/c1-3-12-38-33(10-1)24-29-52-54(38)47-28-21-35(32-53(47)66-52)40-16-9-17-45-46-27-20-34-11-2-4-13-39(34)55(46)63(56(40)45)59-61-57(36-22-25-43-41-14-5-7-18-48(41)64-50(43)30-36)60-58(62-59)37-23-26-44-42-15-6-8-19-49(42)65-51(44)31-37/h1-32H. The van der Waals surface area contributed by atoms with E-state index < -0.39 is 0 Å². The summed E-state index contributed by atoms with van der Waals surface area (Å²) in [6.45, 7) is 0. The summed E-state index contributed by atoms with van der Waals surface area (Å²) in [7, 11) is 0. The summed E-state index contributed by atoms with van der Waals surface area (Å²) in [5.74, 6) is 1.59. The van der Waals surface area contributed by atoms with E-state index >= 15 is 0 Å². The Labute approximate surface area is 379 Å². The summed E-state index contributed by atoms with van der Waals surface area (Å²) in [4.78, 5) is 16.2. The van der Waals surface area contributed by atoms with Crippen LogP contribution in [0.1, 0.15) is 0 Å². The van der Waals surface area contributed by atoms with Gasteiger partial charge in [-0.2, -0.15) is 9.97 Å². The number of benzene rings is 10. The molecule has 6 nitrogen and oxygen atoms in total. The van der Waals surface area contributed by atoms with Crippen LogP contribution in [0.5, 0.6) is 0 Å². The SMILES string of the molecule is c1ccc2c(c1)ccc1sc3cc(-c4cccc5c6ccc7ccccc7c6n(-c6nc(-c7ccc8c(c7)oc7ccccc78)nc(-c7ccc8c(c7)oc7ccccc78)n6)c45)ccc3c12. The van der Waals surface area contributed by atoms with Crippen LogP contribution >= 0.6 is 11.3 Å². The molecule has 0 aliphatic rings. The lowest BCUT2D eigenvalue weighted by atomic mass is 9.99. The van der Waals surface area contributed by atoms with Crippen molar-refractivity contribution in [2.75, 3.05) is 0 Å². The monoisotopic (exact) mass is 860 g/mol. The van der Waals surface area contributed by atoms with Gasteiger partial charge in [0.1, 0.15) is 22.3 Å². The molecule has 0 atom stereocenters. The van der Waals surface area contributed by atoms with Crippen molar-refractivity contribution in [3.05, 3.63) is 194 Å². The number of thiophene rings is 1. The highest BCUT2D eigenvalue weighted by Crippen LogP contribution is 2.44. The minimum atomic E-state index is 0.516. The van der Waals surface area contributed by atoms with Crippen molar-refractivity contribution in [1.29, 1.82) is 0 Å². The van der Waals surface area contributed by atoms with Crippen LogP contribution in [-0.2, 0) is 0 Å². The molecule has 0 saturated carbocycles. The minimum absolute atomic E-state index is 0.516. The number of rotatable bonds is 4. The van der Waals surface area contributed by atoms with Gasteiger partial charge >= 0.3 is 0 Å². The van der Waals surface area contributed by atoms with Crippen LogP contribution in [0.25, 0.3) is 147 Å². The fourth-order valence-electron chi connectivity index (χ4n) is 10.4. The third kappa shape index (κ3) is 5.14. The Hall–Kier alpha value is -8.65. The quantitative estimate of drug-likeness (QED) is 0.176. The van der Waals surface area contributed by atoms with Gasteiger partial charge in [0.25, 0.3) is 0 Å². The summed E-state index contributed by atoms with van der Waals surface area (Å²) in [5, 5.41) is 13.8. The van der Waals surface area contributed by atoms with Crippen LogP contribution in [0.3, 0.4) is 0 Å². The Morgan fingerprint density at radius 3 is 1.59 bits per heavy atom. The molecule has 15 rings (SSSR count). The highest BCUT2D eigenvalue weighted by molar-refractivity contribution is 7.26. The normalized spacial score (nSPS) is 12.2. The smallest absolute Gasteiger partial charge is 0.238 e. The van der Waals surface area contributed by atoms with Crippen molar-refractivity contribution < 1.29 is 8.83 Å². The van der Waals surface area contributed by atoms with Gasteiger partial charge in [-0.05, 0) is 70.3 Å². The van der Waals surface area contributed by atoms with E-state index in [1.807, 2.05) is 47.7 Å². The molecule has 0 N–H and O–H groups in total. The van der Waals surface area contributed by atoms with E-state index in [-0.39, 0.29) is 0 Å². The molecule has 0 fully saturated rings. The largest absolute Gasteiger partial charge is 0.456 e. The zero-order valence-electron chi connectivity index (χ0n) is 35.0. The molecule has 0 spiro atoms. The predicted octanol–water partition coefficient (Wildman–Crippen LogP) is 16.4. The van der Waals surface area contributed by atoms with E-state index in [4.69, 9.17) is 23.8 Å². The lowest BCUT2D eigenvalue weighted by molar-refractivity contribution is 0.668. The summed E-state index contributed by atoms with van der Waals surface area (Å²) < 4.78 is 17.6. The molecule has 5 aromatic heterocycles. The molecule has 0 saturated heterocycles. The number of hydrogen-bond acceptors (Lipinski definition) is 6. The van der Waals surface area contributed by atoms with E-state index in [0.29, 0.717) is 17.6 Å². The van der Waals surface area contributed by atoms with Crippen molar-refractivity contribution in [2.24, 2.45) is 0 Å². The van der Waals surface area contributed by atoms with Crippen LogP contribution < -0.4 is 0 Å². The molecule has 0 aliphatic carbocycles. The topological polar surface area (TPSA) is 69.9 Å². The van der Waals surface area contributed by atoms with Gasteiger partial charge in [-0.15, -0.1) is 11.3 Å². The van der Waals surface area contributed by atoms with Gasteiger partial charge in [0.2, 0.25) is 5.95 Å². The van der Waals surface area contributed by atoms with E-state index in [2.05, 4.69) is 162 Å². The molecule has 0 unspecified atom stereocenters. The van der Waals surface area contributed by atoms with E-state index in [1.165, 1.54) is 30.9 Å². The van der Waals surface area contributed by atoms with Crippen LogP contribution in [0.2, 0.25) is 0 Å². The zero-order chi connectivity index (χ0) is 43.0. The minimum Gasteiger partial charge on any atom is -0.456 e. The Balaban J connectivity index is 1.02. The third-order valence-electron chi connectivity index (χ3n) is 13.4. The molecular weight excluding hydrogens is 829 g/mol. The van der Waals surface area contributed by atoms with Crippen LogP contribution in [0.15, 0.2) is 203 Å². The maximum absolute atomic E-state index is 6.42. The molecule has 15 aromatic rings. The summed E-state index contributed by atoms with van der Waals surface area (Å²) >= 11 is 1.85. The first-order chi connectivity index (χ1) is 32.7. The summed E-state index contributed by atoms with van der Waals surface area (Å²) in [5.41, 5.74) is 9.15. The highest BCUT2D eigenvalue weighted by atomic mass is 32.1. The molecular formula is C59H32N4O2S. The van der Waals surface area contributed by atoms with Crippen molar-refractivity contribution >= 4 is 119 Å². The van der Waals surface area contributed by atoms with Gasteiger partial charge in [0.05, 0.1) is 11.0 Å². The first-order valence-electron chi connectivity index (χ1n) is 22.1. The Bertz CT molecular complexity index is 4420. The van der Waals surface area contributed by atoms with Gasteiger partial charge in [0, 0.05) is 74.6 Å². The van der Waals surface area contributed by atoms with Crippen LogP contribution in [0.4, 0.5) is 0 Å². The van der Waals surface area contributed by atoms with Crippen molar-refractivity contribution in [1.82, 2.24) is 19.5 Å². The molecule has 7 heteroatoms. The Morgan fingerprint density at radius 2 is 0.879 bits per heavy atom. The summed E-state index contributed by atoms with van der Waals surface area (Å²) in [6.07, 6.45) is 0. The maximum atomic E-state index is 6.42. The first kappa shape index (κ1) is 35.8. The second kappa shape index (κ2) is 13.4. The lowest BCUT2D eigenvalue weighted by Gasteiger charge is -2.14. The molecule has 306 valence electrons. The number of para-hydroxylation sites is 3. The van der Waals surface area contributed by atoms with Crippen molar-refractivity contribution in [3.8, 4) is 39.9 Å². The van der Waals surface area contributed by atoms with Gasteiger partial charge in [-0.25, -0.2) is 4.98 Å². The first-order valence-corrected chi connectivity index (χ1v) is 22.9. The molecule has 0 amide bonds. The zero-order valence-corrected chi connectivity index (χ0v) is 35.8. The molecule has 0 radical (unpaired) electrons. The van der Waals surface area contributed by atoms with Gasteiger partial charge in [-0.1, -0.05) is 146 Å². The number of aromatic nitrogens is 4. The lowest BCUT2D eigenvalue weighted by Crippen LogP contribution is -2.07. The van der Waals surface area contributed by atoms with Crippen molar-refractivity contribution in [3.63, 3.8) is 0 Å². The van der Waals surface area contributed by atoms with Crippen LogP contribution in [0, 0.1) is 0 Å². The number of hydrogen-bond donors (Lipinski definition) is 0. The fourth-order valence-corrected chi connectivity index (χ4v) is 11.6. The fraction of sp³-hybridized carbons (Fsp3) is 0. The number of nitrogens with zero attached hydrogens (tertiary/aromatic N) is 4. The maximum Gasteiger partial charge on any atom is 0.238 e. The number of fused-ring (bicyclic) bond motifs is 16. The van der Waals surface area contributed by atoms with Gasteiger partial charge in [0.15, 0.2) is 11.6 Å². The molecule has 10 aromatic carbocycles. The third-order valence-corrected chi connectivity index (χ3v) is 14.6. The molecule has 5 heterocycles. The second-order valence-electron chi connectivity index (χ2n) is 17.1. The van der Waals surface area contributed by atoms with Gasteiger partial charge < -0.3 is 8.83 Å². The van der Waals surface area contributed by atoms with Crippen LogP contribution in [-0.4, -0.2) is 19.5 Å². The molecule has 0 aliphatic heterocycles. The van der Waals surface area contributed by atoms with E-state index in [0.717, 1.165) is 98.7 Å². The number of furan rings is 2. The Kier molecular flexibility index (Phi) is 7.28. The Morgan fingerprint density at radius 1 is 0.348 bits per heavy atom. The highest BCUT2D eigenvalue weighted by Gasteiger charge is 2.23. The average Bonchev–Trinajstić information content (AvgIpc) is 4.14. The molecule has 0 bridgehead atoms.